The van der Waals surface area contributed by atoms with Crippen LogP contribution in [0, 0.1) is 5.82 Å². The number of pyridine rings is 1. The van der Waals surface area contributed by atoms with Gasteiger partial charge in [0.25, 0.3) is 10.0 Å². The molecule has 0 amide bonds. The molecule has 112 valence electrons. The van der Waals surface area contributed by atoms with Crippen molar-refractivity contribution in [3.05, 3.63) is 52.5 Å². The van der Waals surface area contributed by atoms with Gasteiger partial charge in [-0.3, -0.25) is 9.71 Å². The second kappa shape index (κ2) is 6.50. The topological polar surface area (TPSA) is 71.1 Å². The van der Waals surface area contributed by atoms with Crippen LogP contribution in [0.1, 0.15) is 5.56 Å². The summed E-state index contributed by atoms with van der Waals surface area (Å²) in [5.74, 6) is -0.732. The molecule has 2 N–H and O–H groups in total. The maximum Gasteiger partial charge on any atom is 0.263 e. The number of anilines is 1. The molecule has 5 nitrogen and oxygen atoms in total. The number of nitrogens with zero attached hydrogens (tertiary/aromatic N) is 1. The van der Waals surface area contributed by atoms with Crippen LogP contribution in [0.4, 0.5) is 10.1 Å². The van der Waals surface area contributed by atoms with Crippen LogP contribution in [0.25, 0.3) is 0 Å². The Morgan fingerprint density at radius 3 is 2.71 bits per heavy atom. The monoisotopic (exact) mass is 373 g/mol. The fourth-order valence-electron chi connectivity index (χ4n) is 1.73. The molecule has 1 aromatic heterocycles. The Hall–Kier alpha value is -1.51. The number of hydrogen-bond donors (Lipinski definition) is 2. The van der Waals surface area contributed by atoms with Gasteiger partial charge >= 0.3 is 0 Å². The van der Waals surface area contributed by atoms with Crippen molar-refractivity contribution >= 4 is 31.6 Å². The molecule has 0 saturated carbocycles. The lowest BCUT2D eigenvalue weighted by atomic mass is 10.2. The van der Waals surface area contributed by atoms with Crippen LogP contribution in [0.5, 0.6) is 0 Å². The maximum absolute atomic E-state index is 13.5. The highest BCUT2D eigenvalue weighted by molar-refractivity contribution is 9.10. The molecule has 1 heterocycles. The third kappa shape index (κ3) is 3.78. The normalized spacial score (nSPS) is 11.4. The molecule has 0 spiro atoms. The lowest BCUT2D eigenvalue weighted by molar-refractivity contribution is 0.597. The average molecular weight is 374 g/mol. The highest BCUT2D eigenvalue weighted by atomic mass is 79.9. The van der Waals surface area contributed by atoms with E-state index in [9.17, 15) is 12.8 Å². The average Bonchev–Trinajstić information content (AvgIpc) is 2.41. The molecule has 0 aliphatic carbocycles. The zero-order chi connectivity index (χ0) is 15.5. The smallest absolute Gasteiger partial charge is 0.263 e. The Balaban J connectivity index is 2.34. The summed E-state index contributed by atoms with van der Waals surface area (Å²) in [7, 11) is -2.09. The summed E-state index contributed by atoms with van der Waals surface area (Å²) in [4.78, 5) is 3.61. The highest BCUT2D eigenvalue weighted by Gasteiger charge is 2.19. The third-order valence-corrected chi connectivity index (χ3v) is 5.03. The summed E-state index contributed by atoms with van der Waals surface area (Å²) in [5.41, 5.74) is 0.787. The Morgan fingerprint density at radius 1 is 1.33 bits per heavy atom. The van der Waals surface area contributed by atoms with Crippen LogP contribution in [0.2, 0.25) is 0 Å². The number of rotatable bonds is 5. The van der Waals surface area contributed by atoms with Gasteiger partial charge in [-0.05, 0) is 46.7 Å². The van der Waals surface area contributed by atoms with Gasteiger partial charge in [0.2, 0.25) is 0 Å². The molecule has 0 saturated heterocycles. The van der Waals surface area contributed by atoms with Crippen molar-refractivity contribution in [1.82, 2.24) is 10.3 Å². The van der Waals surface area contributed by atoms with E-state index in [0.717, 1.165) is 11.8 Å². The minimum Gasteiger partial charge on any atom is -0.316 e. The van der Waals surface area contributed by atoms with E-state index in [1.807, 2.05) is 0 Å². The molecular weight excluding hydrogens is 361 g/mol. The Morgan fingerprint density at radius 2 is 2.10 bits per heavy atom. The predicted octanol–water partition coefficient (Wildman–Crippen LogP) is 2.50. The zero-order valence-corrected chi connectivity index (χ0v) is 13.5. The summed E-state index contributed by atoms with van der Waals surface area (Å²) < 4.78 is 40.7. The van der Waals surface area contributed by atoms with E-state index in [4.69, 9.17) is 0 Å². The van der Waals surface area contributed by atoms with Crippen molar-refractivity contribution in [2.45, 2.75) is 11.4 Å². The van der Waals surface area contributed by atoms with Crippen LogP contribution in [-0.4, -0.2) is 20.4 Å². The minimum atomic E-state index is -3.88. The number of nitrogens with one attached hydrogen (secondary N) is 2. The van der Waals surface area contributed by atoms with Crippen LogP contribution in [0.15, 0.2) is 46.0 Å². The van der Waals surface area contributed by atoms with E-state index in [0.29, 0.717) is 11.0 Å². The van der Waals surface area contributed by atoms with Crippen LogP contribution < -0.4 is 10.0 Å². The molecule has 0 fully saturated rings. The Kier molecular flexibility index (Phi) is 4.92. The quantitative estimate of drug-likeness (QED) is 0.844. The van der Waals surface area contributed by atoms with E-state index < -0.39 is 15.8 Å². The van der Waals surface area contributed by atoms with Gasteiger partial charge in [-0.15, -0.1) is 0 Å². The van der Waals surface area contributed by atoms with Crippen molar-refractivity contribution in [3.63, 3.8) is 0 Å². The molecule has 2 rings (SSSR count). The van der Waals surface area contributed by atoms with Gasteiger partial charge < -0.3 is 5.32 Å². The first-order valence-corrected chi connectivity index (χ1v) is 8.27. The molecular formula is C13H13BrFN3O2S. The Bertz CT molecular complexity index is 753. The summed E-state index contributed by atoms with van der Waals surface area (Å²) >= 11 is 3.23. The molecule has 8 heteroatoms. The van der Waals surface area contributed by atoms with Gasteiger partial charge in [0.15, 0.2) is 5.82 Å². The van der Waals surface area contributed by atoms with E-state index in [2.05, 4.69) is 31.0 Å². The lowest BCUT2D eigenvalue weighted by Crippen LogP contribution is -2.15. The first-order chi connectivity index (χ1) is 9.94. The second-order valence-corrected chi connectivity index (χ2v) is 6.76. The first kappa shape index (κ1) is 15.9. The van der Waals surface area contributed by atoms with E-state index in [1.54, 1.807) is 19.2 Å². The molecule has 0 aliphatic rings. The lowest BCUT2D eigenvalue weighted by Gasteiger charge is -2.11. The highest BCUT2D eigenvalue weighted by Crippen LogP contribution is 2.26. The zero-order valence-electron chi connectivity index (χ0n) is 11.1. The van der Waals surface area contributed by atoms with Crippen molar-refractivity contribution in [2.24, 2.45) is 0 Å². The van der Waals surface area contributed by atoms with Gasteiger partial charge in [0, 0.05) is 17.2 Å². The van der Waals surface area contributed by atoms with Crippen molar-refractivity contribution in [1.29, 1.82) is 0 Å². The molecule has 0 aliphatic heterocycles. The molecule has 0 atom stereocenters. The van der Waals surface area contributed by atoms with Crippen LogP contribution in [-0.2, 0) is 16.6 Å². The van der Waals surface area contributed by atoms with Crippen LogP contribution >= 0.6 is 15.9 Å². The summed E-state index contributed by atoms with van der Waals surface area (Å²) in [6.07, 6.45) is 2.26. The third-order valence-electron chi connectivity index (χ3n) is 2.68. The SMILES string of the molecule is CNCc1ccc(S(=O)(=O)Nc2ccncc2F)c(Br)c1. The Labute approximate surface area is 130 Å². The van der Waals surface area contributed by atoms with E-state index in [1.165, 1.54) is 18.3 Å². The fourth-order valence-corrected chi connectivity index (χ4v) is 3.93. The van der Waals surface area contributed by atoms with Crippen molar-refractivity contribution in [2.75, 3.05) is 11.8 Å². The number of benzene rings is 1. The number of sulfonamides is 1. The van der Waals surface area contributed by atoms with Gasteiger partial charge in [-0.1, -0.05) is 6.07 Å². The summed E-state index contributed by atoms with van der Waals surface area (Å²) in [6.45, 7) is 0.616. The molecule has 2 aromatic rings. The molecule has 0 radical (unpaired) electrons. The largest absolute Gasteiger partial charge is 0.316 e. The standard InChI is InChI=1S/C13H13BrFN3O2S/c1-16-7-9-2-3-13(10(14)6-9)21(19,20)18-12-4-5-17-8-11(12)15/h2-6,8,16H,7H2,1H3,(H,17,18). The van der Waals surface area contributed by atoms with E-state index in [-0.39, 0.29) is 10.6 Å². The predicted molar refractivity (Wildman–Crippen MR) is 81.9 cm³/mol. The molecule has 1 aromatic carbocycles. The van der Waals surface area contributed by atoms with Gasteiger partial charge in [0.05, 0.1) is 11.9 Å². The van der Waals surface area contributed by atoms with Gasteiger partial charge in [0.1, 0.15) is 4.90 Å². The number of aromatic nitrogens is 1. The van der Waals surface area contributed by atoms with Gasteiger partial charge in [-0.2, -0.15) is 0 Å². The molecule has 21 heavy (non-hydrogen) atoms. The molecule has 0 unspecified atom stereocenters. The number of hydrogen-bond acceptors (Lipinski definition) is 4. The summed E-state index contributed by atoms with van der Waals surface area (Å²) in [5, 5.41) is 2.97. The number of halogens is 2. The van der Waals surface area contributed by atoms with Crippen LogP contribution in [0.3, 0.4) is 0 Å². The maximum atomic E-state index is 13.5. The second-order valence-electron chi connectivity index (χ2n) is 4.26. The first-order valence-electron chi connectivity index (χ1n) is 5.99. The van der Waals surface area contributed by atoms with Crippen molar-refractivity contribution < 1.29 is 12.8 Å². The molecule has 0 bridgehead atoms. The summed E-state index contributed by atoms with van der Waals surface area (Å²) in [6, 6.07) is 6.13. The minimum absolute atomic E-state index is 0.0403. The fraction of sp³-hybridized carbons (Fsp3) is 0.154. The van der Waals surface area contributed by atoms with Crippen molar-refractivity contribution in [3.8, 4) is 0 Å². The van der Waals surface area contributed by atoms with E-state index >= 15 is 0 Å². The van der Waals surface area contributed by atoms with Gasteiger partial charge in [-0.25, -0.2) is 12.8 Å².